The van der Waals surface area contributed by atoms with Gasteiger partial charge in [-0.1, -0.05) is 22.0 Å². The number of rotatable bonds is 3. The molecule has 4 heteroatoms. The van der Waals surface area contributed by atoms with Crippen molar-refractivity contribution in [2.45, 2.75) is 20.3 Å². The van der Waals surface area contributed by atoms with Gasteiger partial charge in [0.15, 0.2) is 0 Å². The third kappa shape index (κ3) is 2.76. The first-order chi connectivity index (χ1) is 8.11. The number of aliphatic hydroxyl groups is 1. The summed E-state index contributed by atoms with van der Waals surface area (Å²) in [5, 5.41) is 10.0. The van der Waals surface area contributed by atoms with Gasteiger partial charge in [0.05, 0.1) is 5.69 Å². The second-order valence-electron chi connectivity index (χ2n) is 3.96. The zero-order valence-electron chi connectivity index (χ0n) is 9.83. The monoisotopic (exact) mass is 311 g/mol. The fourth-order valence-electron chi connectivity index (χ4n) is 1.70. The summed E-state index contributed by atoms with van der Waals surface area (Å²) in [4.78, 5) is 5.76. The van der Waals surface area contributed by atoms with Crippen LogP contribution in [0.5, 0.6) is 0 Å². The number of nitrogens with zero attached hydrogens (tertiary/aromatic N) is 1. The second kappa shape index (κ2) is 5.29. The lowest BCUT2D eigenvalue weighted by Crippen LogP contribution is -1.88. The van der Waals surface area contributed by atoms with E-state index in [1.165, 1.54) is 10.4 Å². The molecule has 1 N–H and O–H groups in total. The Hall–Kier alpha value is -0.710. The van der Waals surface area contributed by atoms with Gasteiger partial charge in [0.25, 0.3) is 0 Å². The average molecular weight is 312 g/mol. The number of hydrogen-bond acceptors (Lipinski definition) is 3. The minimum absolute atomic E-state index is 0.180. The molecule has 0 bridgehead atoms. The van der Waals surface area contributed by atoms with Crippen LogP contribution in [0.25, 0.3) is 10.6 Å². The second-order valence-corrected chi connectivity index (χ2v) is 5.96. The Morgan fingerprint density at radius 3 is 2.82 bits per heavy atom. The number of thiazole rings is 1. The average Bonchev–Trinajstić information content (AvgIpc) is 2.64. The molecule has 0 radical (unpaired) electrons. The third-order valence-electron chi connectivity index (χ3n) is 2.66. The van der Waals surface area contributed by atoms with Crippen molar-refractivity contribution in [2.24, 2.45) is 0 Å². The molecule has 2 aromatic rings. The topological polar surface area (TPSA) is 33.1 Å². The molecule has 0 aliphatic heterocycles. The first-order valence-corrected chi connectivity index (χ1v) is 7.06. The lowest BCUT2D eigenvalue weighted by Gasteiger charge is -2.02. The van der Waals surface area contributed by atoms with E-state index in [9.17, 15) is 0 Å². The van der Waals surface area contributed by atoms with Gasteiger partial charge in [0, 0.05) is 27.9 Å². The summed E-state index contributed by atoms with van der Waals surface area (Å²) in [6.45, 7) is 4.27. The summed E-state index contributed by atoms with van der Waals surface area (Å²) >= 11 is 5.15. The molecule has 2 nitrogen and oxygen atoms in total. The molecule has 0 saturated carbocycles. The highest BCUT2D eigenvalue weighted by atomic mass is 79.9. The van der Waals surface area contributed by atoms with Crippen LogP contribution in [0.2, 0.25) is 0 Å². The Kier molecular flexibility index (Phi) is 3.97. The zero-order chi connectivity index (χ0) is 12.4. The van der Waals surface area contributed by atoms with E-state index in [-0.39, 0.29) is 6.61 Å². The summed E-state index contributed by atoms with van der Waals surface area (Å²) < 4.78 is 1.06. The minimum atomic E-state index is 0.180. The first-order valence-electron chi connectivity index (χ1n) is 5.45. The van der Waals surface area contributed by atoms with E-state index < -0.39 is 0 Å². The van der Waals surface area contributed by atoms with Crippen molar-refractivity contribution >= 4 is 27.3 Å². The van der Waals surface area contributed by atoms with Crippen molar-refractivity contribution in [3.8, 4) is 10.6 Å². The summed E-state index contributed by atoms with van der Waals surface area (Å²) in [6, 6.07) is 6.21. The standard InChI is InChI=1S/C13H14BrNOS/c1-8-3-4-10(14)7-11(8)13-15-9(2)12(17-13)5-6-16/h3-4,7,16H,5-6H2,1-2H3. The van der Waals surface area contributed by atoms with E-state index in [1.807, 2.05) is 13.0 Å². The van der Waals surface area contributed by atoms with Gasteiger partial charge in [-0.2, -0.15) is 0 Å². The zero-order valence-corrected chi connectivity index (χ0v) is 12.2. The van der Waals surface area contributed by atoms with Crippen LogP contribution in [0.1, 0.15) is 16.1 Å². The summed E-state index contributed by atoms with van der Waals surface area (Å²) in [5.74, 6) is 0. The largest absolute Gasteiger partial charge is 0.396 e. The van der Waals surface area contributed by atoms with Crippen molar-refractivity contribution in [2.75, 3.05) is 6.61 Å². The van der Waals surface area contributed by atoms with Gasteiger partial charge in [0.2, 0.25) is 0 Å². The number of aliphatic hydroxyl groups excluding tert-OH is 1. The molecule has 1 aromatic heterocycles. The summed E-state index contributed by atoms with van der Waals surface area (Å²) in [6.07, 6.45) is 0.691. The van der Waals surface area contributed by atoms with E-state index in [2.05, 4.69) is 40.0 Å². The fraction of sp³-hybridized carbons (Fsp3) is 0.308. The van der Waals surface area contributed by atoms with Crippen molar-refractivity contribution in [1.29, 1.82) is 0 Å². The molecular formula is C13H14BrNOS. The van der Waals surface area contributed by atoms with Gasteiger partial charge in [-0.05, 0) is 31.5 Å². The van der Waals surface area contributed by atoms with Crippen molar-refractivity contribution in [1.82, 2.24) is 4.98 Å². The van der Waals surface area contributed by atoms with Crippen molar-refractivity contribution < 1.29 is 5.11 Å². The highest BCUT2D eigenvalue weighted by molar-refractivity contribution is 9.10. The Labute approximate surface area is 113 Å². The first kappa shape index (κ1) is 12.7. The number of hydrogen-bond donors (Lipinski definition) is 1. The van der Waals surface area contributed by atoms with E-state index in [0.717, 1.165) is 20.7 Å². The fourth-order valence-corrected chi connectivity index (χ4v) is 3.19. The number of aromatic nitrogens is 1. The molecule has 0 unspecified atom stereocenters. The number of aryl methyl sites for hydroxylation is 2. The Morgan fingerprint density at radius 1 is 1.35 bits per heavy atom. The van der Waals surface area contributed by atoms with E-state index in [4.69, 9.17) is 5.11 Å². The van der Waals surface area contributed by atoms with Gasteiger partial charge in [-0.3, -0.25) is 0 Å². The Morgan fingerprint density at radius 2 is 2.12 bits per heavy atom. The van der Waals surface area contributed by atoms with Crippen molar-refractivity contribution in [3.63, 3.8) is 0 Å². The molecule has 0 aliphatic rings. The molecule has 1 aromatic carbocycles. The van der Waals surface area contributed by atoms with Crippen LogP contribution in [0.3, 0.4) is 0 Å². The quantitative estimate of drug-likeness (QED) is 0.937. The van der Waals surface area contributed by atoms with Gasteiger partial charge >= 0.3 is 0 Å². The molecule has 17 heavy (non-hydrogen) atoms. The summed E-state index contributed by atoms with van der Waals surface area (Å²) in [7, 11) is 0. The Bertz CT molecular complexity index is 536. The van der Waals surface area contributed by atoms with E-state index in [0.29, 0.717) is 6.42 Å². The van der Waals surface area contributed by atoms with Gasteiger partial charge in [-0.25, -0.2) is 4.98 Å². The van der Waals surface area contributed by atoms with Gasteiger partial charge in [-0.15, -0.1) is 11.3 Å². The van der Waals surface area contributed by atoms with Gasteiger partial charge < -0.3 is 5.11 Å². The van der Waals surface area contributed by atoms with Crippen molar-refractivity contribution in [3.05, 3.63) is 38.8 Å². The van der Waals surface area contributed by atoms with E-state index in [1.54, 1.807) is 11.3 Å². The van der Waals surface area contributed by atoms with Crippen LogP contribution in [-0.2, 0) is 6.42 Å². The predicted octanol–water partition coefficient (Wildman–Crippen LogP) is 3.72. The maximum Gasteiger partial charge on any atom is 0.124 e. The lowest BCUT2D eigenvalue weighted by molar-refractivity contribution is 0.300. The van der Waals surface area contributed by atoms with E-state index >= 15 is 0 Å². The molecule has 0 atom stereocenters. The molecule has 0 saturated heterocycles. The van der Waals surface area contributed by atoms with Crippen LogP contribution < -0.4 is 0 Å². The SMILES string of the molecule is Cc1ccc(Br)cc1-c1nc(C)c(CCO)s1. The highest BCUT2D eigenvalue weighted by Gasteiger charge is 2.11. The molecule has 0 fully saturated rings. The molecule has 0 spiro atoms. The smallest absolute Gasteiger partial charge is 0.124 e. The van der Waals surface area contributed by atoms with Crippen LogP contribution in [0.4, 0.5) is 0 Å². The van der Waals surface area contributed by atoms with Crippen LogP contribution in [-0.4, -0.2) is 16.7 Å². The highest BCUT2D eigenvalue weighted by Crippen LogP contribution is 2.32. The molecular weight excluding hydrogens is 298 g/mol. The molecule has 90 valence electrons. The molecule has 0 amide bonds. The normalized spacial score (nSPS) is 10.8. The lowest BCUT2D eigenvalue weighted by atomic mass is 10.1. The maximum absolute atomic E-state index is 8.99. The molecule has 1 heterocycles. The minimum Gasteiger partial charge on any atom is -0.396 e. The summed E-state index contributed by atoms with van der Waals surface area (Å²) in [5.41, 5.74) is 3.41. The number of benzene rings is 1. The molecule has 0 aliphatic carbocycles. The maximum atomic E-state index is 8.99. The Balaban J connectivity index is 2.45. The third-order valence-corrected chi connectivity index (χ3v) is 4.41. The van der Waals surface area contributed by atoms with Crippen LogP contribution in [0.15, 0.2) is 22.7 Å². The van der Waals surface area contributed by atoms with Crippen LogP contribution in [0, 0.1) is 13.8 Å². The van der Waals surface area contributed by atoms with Crippen LogP contribution >= 0.6 is 27.3 Å². The predicted molar refractivity (Wildman–Crippen MR) is 75.5 cm³/mol. The van der Waals surface area contributed by atoms with Gasteiger partial charge in [0.1, 0.15) is 5.01 Å². The molecule has 2 rings (SSSR count). The number of halogens is 1.